The number of aryl methyl sites for hydroxylation is 1. The molecule has 4 aliphatic rings. The topological polar surface area (TPSA) is 82.0 Å². The van der Waals surface area contributed by atoms with Crippen molar-refractivity contribution in [3.8, 4) is 11.5 Å². The minimum atomic E-state index is -0.172. The van der Waals surface area contributed by atoms with E-state index in [-0.39, 0.29) is 11.9 Å². The maximum atomic E-state index is 13.6. The molecule has 0 aliphatic carbocycles. The minimum absolute atomic E-state index is 0.146. The molecule has 1 atom stereocenters. The Balaban J connectivity index is 1.34. The van der Waals surface area contributed by atoms with Crippen LogP contribution in [0, 0.1) is 0 Å². The monoisotopic (exact) mass is 489 g/mol. The van der Waals surface area contributed by atoms with Gasteiger partial charge in [-0.25, -0.2) is 0 Å². The number of carbonyl (C=O) groups is 1. The molecule has 3 aromatic rings. The van der Waals surface area contributed by atoms with Crippen molar-refractivity contribution >= 4 is 5.91 Å². The Morgan fingerprint density at radius 2 is 1.86 bits per heavy atom. The third-order valence-corrected chi connectivity index (χ3v) is 7.07. The highest BCUT2D eigenvalue weighted by molar-refractivity contribution is 5.80. The summed E-state index contributed by atoms with van der Waals surface area (Å²) in [6.07, 6.45) is 3.51. The first-order valence-electron chi connectivity index (χ1n) is 12.7. The largest absolute Gasteiger partial charge is 0.494 e. The van der Waals surface area contributed by atoms with Gasteiger partial charge in [0.1, 0.15) is 23.8 Å². The van der Waals surface area contributed by atoms with Gasteiger partial charge < -0.3 is 19.1 Å². The summed E-state index contributed by atoms with van der Waals surface area (Å²) >= 11 is 0. The van der Waals surface area contributed by atoms with Gasteiger partial charge in [0.15, 0.2) is 0 Å². The Kier molecular flexibility index (Phi) is 6.57. The van der Waals surface area contributed by atoms with E-state index in [1.54, 1.807) is 0 Å². The summed E-state index contributed by atoms with van der Waals surface area (Å²) in [6.45, 7) is 5.66. The first kappa shape index (κ1) is 23.0. The van der Waals surface area contributed by atoms with Crippen LogP contribution in [0.5, 0.6) is 11.5 Å². The van der Waals surface area contributed by atoms with Crippen LogP contribution in [0.1, 0.15) is 34.8 Å². The molecule has 7 rings (SSSR count). The highest BCUT2D eigenvalue weighted by Gasteiger charge is 2.33. The van der Waals surface area contributed by atoms with Crippen LogP contribution in [-0.2, 0) is 29.1 Å². The molecule has 0 saturated carbocycles. The highest BCUT2D eigenvalue weighted by Crippen LogP contribution is 2.38. The third kappa shape index (κ3) is 4.94. The maximum Gasteiger partial charge on any atom is 0.237 e. The van der Waals surface area contributed by atoms with Crippen molar-refractivity contribution in [3.05, 3.63) is 71.0 Å². The van der Waals surface area contributed by atoms with E-state index >= 15 is 0 Å². The third-order valence-electron chi connectivity index (χ3n) is 7.07. The van der Waals surface area contributed by atoms with Gasteiger partial charge >= 0.3 is 0 Å². The predicted octanol–water partition coefficient (Wildman–Crippen LogP) is 2.45. The van der Waals surface area contributed by atoms with E-state index in [9.17, 15) is 4.79 Å². The molecule has 1 fully saturated rings. The molecular formula is C27H31N5O4. The summed E-state index contributed by atoms with van der Waals surface area (Å²) < 4.78 is 19.5. The van der Waals surface area contributed by atoms with Crippen molar-refractivity contribution in [2.45, 2.75) is 32.0 Å². The number of nitrogens with zero attached hydrogens (tertiary/aromatic N) is 5. The quantitative estimate of drug-likeness (QED) is 0.547. The van der Waals surface area contributed by atoms with Gasteiger partial charge in [-0.2, -0.15) is 0 Å². The van der Waals surface area contributed by atoms with Crippen molar-refractivity contribution in [2.75, 3.05) is 46.0 Å². The summed E-state index contributed by atoms with van der Waals surface area (Å²) in [7, 11) is 0. The molecule has 4 aliphatic heterocycles. The average Bonchev–Trinajstić information content (AvgIpc) is 3.37. The number of carbonyl (C=O) groups excluding carboxylic acids is 1. The molecule has 0 radical (unpaired) electrons. The van der Waals surface area contributed by atoms with E-state index in [4.69, 9.17) is 14.2 Å². The fourth-order valence-electron chi connectivity index (χ4n) is 5.22. The van der Waals surface area contributed by atoms with Crippen molar-refractivity contribution in [3.63, 3.8) is 0 Å². The molecule has 0 spiro atoms. The lowest BCUT2D eigenvalue weighted by atomic mass is 9.87. The van der Waals surface area contributed by atoms with Gasteiger partial charge in [0.25, 0.3) is 0 Å². The molecule has 0 N–H and O–H groups in total. The predicted molar refractivity (Wildman–Crippen MR) is 132 cm³/mol. The second-order valence-corrected chi connectivity index (χ2v) is 9.52. The molecule has 188 valence electrons. The Hall–Kier alpha value is -3.43. The van der Waals surface area contributed by atoms with Gasteiger partial charge in [0.2, 0.25) is 5.91 Å². The molecule has 2 aromatic carbocycles. The van der Waals surface area contributed by atoms with E-state index in [2.05, 4.69) is 39.5 Å². The number of hydrogen-bond donors (Lipinski definition) is 0. The SMILES string of the molecule is O=C(CN1CCOCC1)N1CCc2cc3ccc2C1c1cccc(c1)OCCCn1cc(nn1)CO3. The fraction of sp³-hybridized carbons (Fsp3) is 0.444. The van der Waals surface area contributed by atoms with E-state index in [0.717, 1.165) is 60.8 Å². The van der Waals surface area contributed by atoms with Crippen LogP contribution in [0.4, 0.5) is 0 Å². The van der Waals surface area contributed by atoms with Gasteiger partial charge in [0, 0.05) is 32.6 Å². The number of aromatic nitrogens is 3. The molecular weight excluding hydrogens is 458 g/mol. The van der Waals surface area contributed by atoms with Crippen LogP contribution in [0.2, 0.25) is 0 Å². The molecule has 1 saturated heterocycles. The number of morpholine rings is 1. The number of benzene rings is 2. The van der Waals surface area contributed by atoms with Crippen molar-refractivity contribution in [1.82, 2.24) is 24.8 Å². The first-order valence-corrected chi connectivity index (χ1v) is 12.7. The zero-order valence-corrected chi connectivity index (χ0v) is 20.3. The number of ether oxygens (including phenoxy) is 3. The molecule has 5 heterocycles. The molecule has 36 heavy (non-hydrogen) atoms. The lowest BCUT2D eigenvalue weighted by Crippen LogP contribution is -2.48. The summed E-state index contributed by atoms with van der Waals surface area (Å²) in [5.74, 6) is 1.76. The average molecular weight is 490 g/mol. The van der Waals surface area contributed by atoms with Crippen LogP contribution < -0.4 is 9.47 Å². The van der Waals surface area contributed by atoms with Gasteiger partial charge in [0.05, 0.1) is 38.6 Å². The molecule has 1 amide bonds. The second kappa shape index (κ2) is 10.3. The van der Waals surface area contributed by atoms with Crippen molar-refractivity contribution < 1.29 is 19.0 Å². The Morgan fingerprint density at radius 3 is 2.78 bits per heavy atom. The summed E-state index contributed by atoms with van der Waals surface area (Å²) in [6, 6.07) is 14.2. The zero-order valence-electron chi connectivity index (χ0n) is 20.3. The van der Waals surface area contributed by atoms with Crippen LogP contribution in [0.3, 0.4) is 0 Å². The molecule has 9 heteroatoms. The Morgan fingerprint density at radius 1 is 0.972 bits per heavy atom. The summed E-state index contributed by atoms with van der Waals surface area (Å²) in [5.41, 5.74) is 4.19. The van der Waals surface area contributed by atoms with Crippen LogP contribution >= 0.6 is 0 Å². The van der Waals surface area contributed by atoms with Gasteiger partial charge in [-0.05, 0) is 47.4 Å². The molecule has 8 bridgehead atoms. The van der Waals surface area contributed by atoms with E-state index in [1.165, 1.54) is 5.56 Å². The van der Waals surface area contributed by atoms with Gasteiger partial charge in [-0.1, -0.05) is 23.4 Å². The Labute approximate surface area is 210 Å². The van der Waals surface area contributed by atoms with E-state index in [1.807, 2.05) is 34.0 Å². The normalized spacial score (nSPS) is 20.3. The number of fused-ring (bicyclic) bond motifs is 5. The number of hydrogen-bond acceptors (Lipinski definition) is 7. The molecule has 1 aromatic heterocycles. The van der Waals surface area contributed by atoms with Crippen molar-refractivity contribution in [1.29, 1.82) is 0 Å². The van der Waals surface area contributed by atoms with Gasteiger partial charge in [-0.3, -0.25) is 14.4 Å². The Bertz CT molecular complexity index is 1220. The highest BCUT2D eigenvalue weighted by atomic mass is 16.5. The summed E-state index contributed by atoms with van der Waals surface area (Å²) in [4.78, 5) is 17.8. The smallest absolute Gasteiger partial charge is 0.237 e. The van der Waals surface area contributed by atoms with Crippen LogP contribution in [0.15, 0.2) is 48.7 Å². The lowest BCUT2D eigenvalue weighted by Gasteiger charge is -2.39. The van der Waals surface area contributed by atoms with Crippen molar-refractivity contribution in [2.24, 2.45) is 0 Å². The first-order chi connectivity index (χ1) is 17.7. The number of amides is 1. The van der Waals surface area contributed by atoms with E-state index in [0.29, 0.717) is 39.5 Å². The second-order valence-electron chi connectivity index (χ2n) is 9.52. The van der Waals surface area contributed by atoms with E-state index < -0.39 is 0 Å². The summed E-state index contributed by atoms with van der Waals surface area (Å²) in [5, 5.41) is 8.43. The van der Waals surface area contributed by atoms with Gasteiger partial charge in [-0.15, -0.1) is 5.10 Å². The fourth-order valence-corrected chi connectivity index (χ4v) is 5.22. The minimum Gasteiger partial charge on any atom is -0.494 e. The molecule has 9 nitrogen and oxygen atoms in total. The lowest BCUT2D eigenvalue weighted by molar-refractivity contribution is -0.135. The standard InChI is InChI=1S/C27H31N5O4/c33-26(18-30-10-13-34-14-11-30)32-9-7-20-15-24-5-6-25(20)27(32)21-3-1-4-23(16-21)35-12-2-8-31-17-22(19-36-24)28-29-31/h1,3-6,15-17,27H,2,7-14,18-19H2. The molecule has 1 unspecified atom stereocenters. The zero-order chi connectivity index (χ0) is 24.3. The maximum absolute atomic E-state index is 13.6. The number of rotatable bonds is 2. The van der Waals surface area contributed by atoms with Crippen LogP contribution in [0.25, 0.3) is 0 Å². The van der Waals surface area contributed by atoms with Crippen LogP contribution in [-0.4, -0.2) is 76.7 Å².